The lowest BCUT2D eigenvalue weighted by atomic mass is 9.46. The van der Waals surface area contributed by atoms with Gasteiger partial charge in [-0.1, -0.05) is 49.6 Å². The van der Waals surface area contributed by atoms with Gasteiger partial charge in [0.25, 0.3) is 5.91 Å². The Morgan fingerprint density at radius 1 is 1.11 bits per heavy atom. The fourth-order valence-corrected chi connectivity index (χ4v) is 11.0. The number of fused-ring (bicyclic) bond motifs is 5. The largest absolute Gasteiger partial charge is 0.497 e. The van der Waals surface area contributed by atoms with Crippen molar-refractivity contribution in [3.05, 3.63) is 41.5 Å². The maximum absolute atomic E-state index is 12.9. The number of amides is 1. The Hall–Kier alpha value is -2.82. The van der Waals surface area contributed by atoms with Crippen molar-refractivity contribution in [2.24, 2.45) is 39.7 Å². The molecule has 2 N–H and O–H groups in total. The van der Waals surface area contributed by atoms with Gasteiger partial charge in [-0.25, -0.2) is 0 Å². The fourth-order valence-electron chi connectivity index (χ4n) is 11.0. The third-order valence-electron chi connectivity index (χ3n) is 14.2. The Labute approximate surface area is 282 Å². The van der Waals surface area contributed by atoms with E-state index in [0.717, 1.165) is 82.2 Å². The van der Waals surface area contributed by atoms with Crippen LogP contribution in [0.2, 0.25) is 0 Å². The van der Waals surface area contributed by atoms with Crippen LogP contribution in [0.4, 0.5) is 0 Å². The molecule has 4 aliphatic carbocycles. The van der Waals surface area contributed by atoms with Crippen LogP contribution in [0, 0.1) is 46.8 Å². The van der Waals surface area contributed by atoms with E-state index in [9.17, 15) is 9.90 Å². The number of aliphatic hydroxyl groups is 1. The topological polar surface area (TPSA) is 83.4 Å². The minimum atomic E-state index is -0.961. The van der Waals surface area contributed by atoms with Crippen molar-refractivity contribution >= 4 is 11.6 Å². The fraction of sp³-hybridized carbons (Fsp3) is 0.700. The predicted octanol–water partition coefficient (Wildman–Crippen LogP) is 6.50. The molecule has 47 heavy (non-hydrogen) atoms. The van der Waals surface area contributed by atoms with E-state index in [-0.39, 0.29) is 28.8 Å². The number of terminal acetylenes is 1. The Balaban J connectivity index is 1.04. The maximum atomic E-state index is 12.9. The van der Waals surface area contributed by atoms with Crippen LogP contribution >= 0.6 is 0 Å². The zero-order valence-electron chi connectivity index (χ0n) is 29.6. The van der Waals surface area contributed by atoms with Crippen molar-refractivity contribution in [3.63, 3.8) is 0 Å². The van der Waals surface area contributed by atoms with Gasteiger partial charge >= 0.3 is 0 Å². The molecular formula is C40H57N3O4. The van der Waals surface area contributed by atoms with Crippen LogP contribution in [0.3, 0.4) is 0 Å². The van der Waals surface area contributed by atoms with Crippen LogP contribution in [0.1, 0.15) is 97.5 Å². The minimum absolute atomic E-state index is 0.0241. The molecule has 5 aliphatic rings. The van der Waals surface area contributed by atoms with Crippen molar-refractivity contribution in [1.29, 1.82) is 0 Å². The van der Waals surface area contributed by atoms with E-state index < -0.39 is 5.60 Å². The summed E-state index contributed by atoms with van der Waals surface area (Å²) >= 11 is 0. The molecule has 4 fully saturated rings. The zero-order chi connectivity index (χ0) is 33.6. The number of hydrogen-bond donors (Lipinski definition) is 2. The molecular weight excluding hydrogens is 586 g/mol. The molecule has 1 heterocycles. The Morgan fingerprint density at radius 2 is 1.85 bits per heavy atom. The van der Waals surface area contributed by atoms with E-state index in [1.807, 2.05) is 12.1 Å². The highest BCUT2D eigenvalue weighted by Gasteiger charge is 2.63. The summed E-state index contributed by atoms with van der Waals surface area (Å²) in [4.78, 5) is 21.0. The summed E-state index contributed by atoms with van der Waals surface area (Å²) in [6, 6.07) is 8.95. The molecule has 6 rings (SSSR count). The molecule has 1 aromatic carbocycles. The first kappa shape index (κ1) is 34.1. The number of likely N-dealkylation sites (tertiary alicyclic amines) is 1. The summed E-state index contributed by atoms with van der Waals surface area (Å²) in [5.41, 5.74) is 2.74. The third-order valence-corrected chi connectivity index (χ3v) is 14.2. The molecule has 0 radical (unpaired) electrons. The van der Waals surface area contributed by atoms with Crippen LogP contribution in [-0.4, -0.2) is 67.1 Å². The van der Waals surface area contributed by atoms with Crippen LogP contribution in [0.5, 0.6) is 5.75 Å². The summed E-state index contributed by atoms with van der Waals surface area (Å²) in [5.74, 6) is 5.70. The molecule has 0 spiro atoms. The molecule has 1 aromatic rings. The van der Waals surface area contributed by atoms with Gasteiger partial charge < -0.3 is 24.9 Å². The number of hydrogen-bond acceptors (Lipinski definition) is 6. The highest BCUT2D eigenvalue weighted by Crippen LogP contribution is 2.67. The van der Waals surface area contributed by atoms with Crippen LogP contribution in [0.15, 0.2) is 41.1 Å². The second kappa shape index (κ2) is 12.9. The SMILES string of the molecule is C#C[C@]1(O)CC[C@@H]2[C@@H]3CCC4=CC(=NOCC(=O)NCC[C@]5(c6ccc(OC)cc6)C[C@@H](C)N(C)C[C@H]5C)CC[C@@]4(C)[C@H]3CC[C@]21C. The lowest BCUT2D eigenvalue weighted by Gasteiger charge is -2.58. The molecule has 7 heteroatoms. The van der Waals surface area contributed by atoms with Crippen LogP contribution in [-0.2, 0) is 15.0 Å². The number of carbonyl (C=O) groups is 1. The number of oxime groups is 1. The van der Waals surface area contributed by atoms with Crippen molar-refractivity contribution in [1.82, 2.24) is 10.2 Å². The average Bonchev–Trinajstić information content (AvgIpc) is 3.34. The number of ether oxygens (including phenoxy) is 1. The lowest BCUT2D eigenvalue weighted by molar-refractivity contribution is -0.125. The Kier molecular flexibility index (Phi) is 9.35. The van der Waals surface area contributed by atoms with E-state index in [4.69, 9.17) is 16.0 Å². The van der Waals surface area contributed by atoms with Gasteiger partial charge in [0, 0.05) is 30.0 Å². The van der Waals surface area contributed by atoms with Gasteiger partial charge in [0.2, 0.25) is 0 Å². The van der Waals surface area contributed by atoms with Crippen molar-refractivity contribution in [2.45, 2.75) is 109 Å². The standard InChI is InChI=1S/C40H57N3O4/c1-8-40(45)20-17-35-33-14-11-30-23-31(15-18-37(30,4)34(33)16-19-38(35,40)5)42-47-26-36(44)41-22-21-39(24-28(3)43(6)25-27(39)2)29-9-12-32(46-7)13-10-29/h1,9-10,12-13,23,27-28,33-35,45H,11,14-22,24-26H2,2-7H3,(H,41,44)/t27-,28-,33-,34+,35-,37-,38-,39+,40+/m1/s1. The van der Waals surface area contributed by atoms with Gasteiger partial charge in [0.15, 0.2) is 6.61 Å². The summed E-state index contributed by atoms with van der Waals surface area (Å²) in [6.07, 6.45) is 18.0. The molecule has 1 aliphatic heterocycles. The van der Waals surface area contributed by atoms with Gasteiger partial charge in [-0.05, 0) is 131 Å². The van der Waals surface area contributed by atoms with Gasteiger partial charge in [-0.15, -0.1) is 6.42 Å². The minimum Gasteiger partial charge on any atom is -0.497 e. The number of methoxy groups -OCH3 is 1. The number of carbonyl (C=O) groups excluding carboxylic acids is 1. The van der Waals surface area contributed by atoms with Gasteiger partial charge in [0.05, 0.1) is 12.8 Å². The quantitative estimate of drug-likeness (QED) is 0.250. The molecule has 9 atom stereocenters. The summed E-state index contributed by atoms with van der Waals surface area (Å²) in [5, 5.41) is 18.9. The zero-order valence-corrected chi connectivity index (χ0v) is 29.6. The highest BCUT2D eigenvalue weighted by molar-refractivity contribution is 5.96. The average molecular weight is 644 g/mol. The number of piperidine rings is 1. The summed E-state index contributed by atoms with van der Waals surface area (Å²) in [6.45, 7) is 10.9. The number of nitrogens with one attached hydrogen (secondary N) is 1. The van der Waals surface area contributed by atoms with Gasteiger partial charge in [-0.2, -0.15) is 0 Å². The monoisotopic (exact) mass is 643 g/mol. The van der Waals surface area contributed by atoms with E-state index >= 15 is 0 Å². The van der Waals surface area contributed by atoms with Crippen molar-refractivity contribution in [3.8, 4) is 18.1 Å². The van der Waals surface area contributed by atoms with E-state index in [0.29, 0.717) is 36.3 Å². The lowest BCUT2D eigenvalue weighted by Crippen LogP contribution is -2.54. The van der Waals surface area contributed by atoms with Crippen LogP contribution < -0.4 is 10.1 Å². The normalized spacial score (nSPS) is 40.8. The third kappa shape index (κ3) is 5.82. The molecule has 0 unspecified atom stereocenters. The first-order valence-electron chi connectivity index (χ1n) is 18.1. The van der Waals surface area contributed by atoms with Crippen molar-refractivity contribution in [2.75, 3.05) is 33.9 Å². The smallest absolute Gasteiger partial charge is 0.260 e. The Bertz CT molecular complexity index is 1430. The molecule has 0 bridgehead atoms. The summed E-state index contributed by atoms with van der Waals surface area (Å²) in [7, 11) is 3.90. The van der Waals surface area contributed by atoms with E-state index in [1.165, 1.54) is 11.1 Å². The molecule has 1 amide bonds. The maximum Gasteiger partial charge on any atom is 0.260 e. The number of nitrogens with zero attached hydrogens (tertiary/aromatic N) is 2. The highest BCUT2D eigenvalue weighted by atomic mass is 16.6. The summed E-state index contributed by atoms with van der Waals surface area (Å²) < 4.78 is 5.42. The van der Waals surface area contributed by atoms with Gasteiger partial charge in [-0.3, -0.25) is 4.79 Å². The molecule has 1 saturated heterocycles. The second-order valence-electron chi connectivity index (χ2n) is 16.2. The number of benzene rings is 1. The van der Waals surface area contributed by atoms with E-state index in [1.54, 1.807) is 7.11 Å². The predicted molar refractivity (Wildman–Crippen MR) is 187 cm³/mol. The van der Waals surface area contributed by atoms with Crippen molar-refractivity contribution < 1.29 is 19.5 Å². The first-order valence-corrected chi connectivity index (χ1v) is 18.1. The van der Waals surface area contributed by atoms with E-state index in [2.05, 4.69) is 74.2 Å². The molecule has 3 saturated carbocycles. The number of rotatable bonds is 8. The van der Waals surface area contributed by atoms with Crippen LogP contribution in [0.25, 0.3) is 0 Å². The number of allylic oxidation sites excluding steroid dienone is 2. The van der Waals surface area contributed by atoms with Gasteiger partial charge in [0.1, 0.15) is 11.4 Å². The molecule has 0 aromatic heterocycles. The Morgan fingerprint density at radius 3 is 2.57 bits per heavy atom. The second-order valence-corrected chi connectivity index (χ2v) is 16.2. The molecule has 256 valence electrons. The first-order chi connectivity index (χ1) is 22.4. The molecule has 7 nitrogen and oxygen atoms in total.